The van der Waals surface area contributed by atoms with Crippen LogP contribution in [0.1, 0.15) is 13.8 Å². The van der Waals surface area contributed by atoms with Crippen LogP contribution in [-0.2, 0) is 45.3 Å². The molecule has 0 bridgehead atoms. The van der Waals surface area contributed by atoms with E-state index in [2.05, 4.69) is 17.6 Å². The molecule has 0 N–H and O–H groups in total. The first-order valence-corrected chi connectivity index (χ1v) is 4.42. The molecule has 0 spiro atoms. The van der Waals surface area contributed by atoms with Crippen molar-refractivity contribution in [2.45, 2.75) is 18.9 Å². The first-order valence-electron chi connectivity index (χ1n) is 4.01. The summed E-state index contributed by atoms with van der Waals surface area (Å²) in [6.07, 6.45) is 0. The topological polar surface area (TPSA) is 65.3 Å². The standard InChI is InChI=1S/C6H6N2O3S.C2H6.Y/c1-11-5-3-2-4(8(9)10)6(12)7-5;1-2;/h2-3H,1H3,(H,7,12);1-2H3;/p-1. The van der Waals surface area contributed by atoms with E-state index in [1.807, 2.05) is 13.8 Å². The van der Waals surface area contributed by atoms with Gasteiger partial charge in [-0.15, -0.1) is 0 Å². The van der Waals surface area contributed by atoms with Crippen LogP contribution in [0.15, 0.2) is 17.2 Å². The van der Waals surface area contributed by atoms with Crippen molar-refractivity contribution in [3.05, 3.63) is 22.2 Å². The summed E-state index contributed by atoms with van der Waals surface area (Å²) in [5, 5.41) is 10.2. The predicted octanol–water partition coefficient (Wildman–Crippen LogP) is 1.93. The van der Waals surface area contributed by atoms with Gasteiger partial charge in [0.1, 0.15) is 0 Å². The average Bonchev–Trinajstić information content (AvgIpc) is 2.20. The smallest absolute Gasteiger partial charge is 0.268 e. The van der Waals surface area contributed by atoms with Gasteiger partial charge in [0, 0.05) is 44.8 Å². The van der Waals surface area contributed by atoms with Crippen molar-refractivity contribution in [3.63, 3.8) is 0 Å². The Labute approximate surface area is 119 Å². The molecule has 0 aromatic carbocycles. The number of aromatic nitrogens is 1. The molecule has 0 fully saturated rings. The minimum absolute atomic E-state index is 0. The van der Waals surface area contributed by atoms with Crippen LogP contribution in [0, 0.1) is 10.1 Å². The Morgan fingerprint density at radius 1 is 1.47 bits per heavy atom. The molecule has 0 atom stereocenters. The molecular formula is C8H11N2O3SY-. The van der Waals surface area contributed by atoms with Crippen LogP contribution < -0.4 is 4.74 Å². The van der Waals surface area contributed by atoms with Gasteiger partial charge in [0.15, 0.2) is 0 Å². The fourth-order valence-electron chi connectivity index (χ4n) is 0.669. The van der Waals surface area contributed by atoms with E-state index in [0.717, 1.165) is 0 Å². The van der Waals surface area contributed by atoms with Crippen molar-refractivity contribution in [1.82, 2.24) is 4.98 Å². The van der Waals surface area contributed by atoms with Crippen LogP contribution in [0.5, 0.6) is 5.88 Å². The Morgan fingerprint density at radius 2 is 2.00 bits per heavy atom. The second-order valence-electron chi connectivity index (χ2n) is 1.94. The van der Waals surface area contributed by atoms with Crippen LogP contribution in [0.3, 0.4) is 0 Å². The van der Waals surface area contributed by atoms with E-state index >= 15 is 0 Å². The zero-order valence-electron chi connectivity index (χ0n) is 8.76. The number of nitro groups is 1. The molecule has 0 unspecified atom stereocenters. The van der Waals surface area contributed by atoms with E-state index in [0.29, 0.717) is 0 Å². The quantitative estimate of drug-likeness (QED) is 0.474. The SMILES string of the molecule is CC.COc1ccc([N+](=O)[O-])c([S-])n1.[Y]. The molecule has 0 aliphatic heterocycles. The Bertz CT molecular complexity index is 323. The third-order valence-corrected chi connectivity index (χ3v) is 1.52. The summed E-state index contributed by atoms with van der Waals surface area (Å²) in [7, 11) is 1.42. The minimum atomic E-state index is -0.575. The normalized spacial score (nSPS) is 7.93. The summed E-state index contributed by atoms with van der Waals surface area (Å²) in [6.45, 7) is 4.00. The molecule has 7 heteroatoms. The molecule has 15 heavy (non-hydrogen) atoms. The van der Waals surface area contributed by atoms with Crippen LogP contribution in [0.2, 0.25) is 0 Å². The second kappa shape index (κ2) is 8.94. The van der Waals surface area contributed by atoms with Gasteiger partial charge >= 0.3 is 0 Å². The summed E-state index contributed by atoms with van der Waals surface area (Å²) in [4.78, 5) is 13.4. The third-order valence-electron chi connectivity index (χ3n) is 1.22. The van der Waals surface area contributed by atoms with E-state index < -0.39 is 4.92 Å². The summed E-state index contributed by atoms with van der Waals surface area (Å²) in [5.74, 6) is 0.283. The van der Waals surface area contributed by atoms with E-state index in [9.17, 15) is 10.1 Å². The largest absolute Gasteiger partial charge is 0.753 e. The molecule has 0 aliphatic carbocycles. The second-order valence-corrected chi connectivity index (χ2v) is 2.32. The summed E-state index contributed by atoms with van der Waals surface area (Å²) in [5.41, 5.74) is -0.175. The number of ether oxygens (including phenoxy) is 1. The van der Waals surface area contributed by atoms with Gasteiger partial charge in [-0.05, 0) is 5.03 Å². The first-order chi connectivity index (χ1) is 6.65. The van der Waals surface area contributed by atoms with Gasteiger partial charge in [-0.25, -0.2) is 4.98 Å². The molecule has 0 aliphatic rings. The van der Waals surface area contributed by atoms with Gasteiger partial charge in [-0.2, -0.15) is 0 Å². The maximum Gasteiger partial charge on any atom is 0.268 e. The van der Waals surface area contributed by atoms with Crippen molar-refractivity contribution < 1.29 is 42.4 Å². The number of hydrogen-bond donors (Lipinski definition) is 0. The summed E-state index contributed by atoms with van der Waals surface area (Å²) >= 11 is 4.65. The Morgan fingerprint density at radius 3 is 2.33 bits per heavy atom. The van der Waals surface area contributed by atoms with Gasteiger partial charge in [-0.3, -0.25) is 10.1 Å². The van der Waals surface area contributed by atoms with Gasteiger partial charge in [0.05, 0.1) is 12.0 Å². The molecule has 1 aromatic heterocycles. The number of hydrogen-bond acceptors (Lipinski definition) is 5. The maximum atomic E-state index is 10.3. The number of pyridine rings is 1. The Kier molecular flexibility index (Phi) is 10.2. The fraction of sp³-hybridized carbons (Fsp3) is 0.375. The molecule has 0 saturated heterocycles. The maximum absolute atomic E-state index is 10.3. The van der Waals surface area contributed by atoms with Crippen molar-refractivity contribution in [3.8, 4) is 5.88 Å². The first kappa shape index (κ1) is 17.1. The third kappa shape index (κ3) is 5.34. The van der Waals surface area contributed by atoms with Crippen molar-refractivity contribution >= 4 is 18.3 Å². The van der Waals surface area contributed by atoms with E-state index in [4.69, 9.17) is 4.74 Å². The molecule has 1 rings (SSSR count). The zero-order chi connectivity index (χ0) is 11.1. The molecule has 5 nitrogen and oxygen atoms in total. The Hall–Kier alpha value is -0.326. The van der Waals surface area contributed by atoms with E-state index in [-0.39, 0.29) is 49.3 Å². The van der Waals surface area contributed by atoms with Gasteiger partial charge in [0.2, 0.25) is 5.88 Å². The fourth-order valence-corrected chi connectivity index (χ4v) is 0.901. The van der Waals surface area contributed by atoms with Gasteiger partial charge in [0.25, 0.3) is 5.69 Å². The van der Waals surface area contributed by atoms with Crippen molar-refractivity contribution in [1.29, 1.82) is 0 Å². The number of rotatable bonds is 2. The minimum Gasteiger partial charge on any atom is -0.753 e. The molecule has 81 valence electrons. The van der Waals surface area contributed by atoms with Crippen molar-refractivity contribution in [2.75, 3.05) is 7.11 Å². The Balaban J connectivity index is 0. The molecule has 1 heterocycles. The van der Waals surface area contributed by atoms with E-state index in [1.165, 1.54) is 19.2 Å². The van der Waals surface area contributed by atoms with E-state index in [1.54, 1.807) is 0 Å². The molecule has 1 aromatic rings. The average molecular weight is 304 g/mol. The summed E-state index contributed by atoms with van der Waals surface area (Å²) < 4.78 is 4.73. The number of nitrogens with zero attached hydrogens (tertiary/aromatic N) is 2. The van der Waals surface area contributed by atoms with Crippen LogP contribution in [0.4, 0.5) is 5.69 Å². The number of methoxy groups -OCH3 is 1. The monoisotopic (exact) mass is 304 g/mol. The zero-order valence-corrected chi connectivity index (χ0v) is 12.4. The van der Waals surface area contributed by atoms with Crippen LogP contribution >= 0.6 is 0 Å². The molecule has 1 radical (unpaired) electrons. The van der Waals surface area contributed by atoms with Crippen molar-refractivity contribution in [2.24, 2.45) is 0 Å². The molecular weight excluding hydrogens is 293 g/mol. The van der Waals surface area contributed by atoms with Gasteiger partial charge < -0.3 is 17.4 Å². The summed E-state index contributed by atoms with van der Waals surface area (Å²) in [6, 6.07) is 2.67. The molecule has 0 amide bonds. The molecule has 0 saturated carbocycles. The van der Waals surface area contributed by atoms with Crippen LogP contribution in [-0.4, -0.2) is 17.0 Å². The van der Waals surface area contributed by atoms with Crippen LogP contribution in [0.25, 0.3) is 0 Å². The van der Waals surface area contributed by atoms with Gasteiger partial charge in [-0.1, -0.05) is 13.8 Å². The predicted molar refractivity (Wildman–Crippen MR) is 54.4 cm³/mol.